The molecule has 0 aliphatic carbocycles. The minimum atomic E-state index is -0.0109. The van der Waals surface area contributed by atoms with Crippen LogP contribution < -0.4 is 10.3 Å². The predicted molar refractivity (Wildman–Crippen MR) is 118 cm³/mol. The highest BCUT2D eigenvalue weighted by Crippen LogP contribution is 2.29. The lowest BCUT2D eigenvalue weighted by atomic mass is 10.1. The van der Waals surface area contributed by atoms with E-state index in [1.165, 1.54) is 11.8 Å². The molecule has 0 aliphatic rings. The highest BCUT2D eigenvalue weighted by Gasteiger charge is 2.14. The van der Waals surface area contributed by atoms with Crippen molar-refractivity contribution in [3.63, 3.8) is 0 Å². The smallest absolute Gasteiger partial charge is 0.262 e. The zero-order valence-electron chi connectivity index (χ0n) is 17.3. The Balaban J connectivity index is 1.99. The standard InChI is InChI=1S/C23H26N2O3S/c1-15(2)11-12-25-22(27)19-7-5-6-8-20(19)24-23(25)29-14-18-13-17(16(3)26)9-10-21(18)28-4/h5-10,13,15H,11-12,14H2,1-4H3. The molecule has 0 bridgehead atoms. The number of hydrogen-bond acceptors (Lipinski definition) is 5. The van der Waals surface area contributed by atoms with Crippen molar-refractivity contribution in [2.75, 3.05) is 7.11 Å². The molecule has 29 heavy (non-hydrogen) atoms. The number of Topliss-reactive ketones (excluding diaryl/α,β-unsaturated/α-hetero) is 1. The van der Waals surface area contributed by atoms with Gasteiger partial charge in [-0.1, -0.05) is 37.7 Å². The highest BCUT2D eigenvalue weighted by molar-refractivity contribution is 7.98. The van der Waals surface area contributed by atoms with Gasteiger partial charge in [-0.3, -0.25) is 14.2 Å². The van der Waals surface area contributed by atoms with Crippen molar-refractivity contribution in [1.29, 1.82) is 0 Å². The summed E-state index contributed by atoms with van der Waals surface area (Å²) in [6.07, 6.45) is 0.899. The number of carbonyl (C=O) groups is 1. The molecule has 6 heteroatoms. The van der Waals surface area contributed by atoms with Gasteiger partial charge in [0.25, 0.3) is 5.56 Å². The van der Waals surface area contributed by atoms with E-state index >= 15 is 0 Å². The second-order valence-electron chi connectivity index (χ2n) is 7.42. The van der Waals surface area contributed by atoms with Crippen LogP contribution in [0, 0.1) is 5.92 Å². The van der Waals surface area contributed by atoms with E-state index in [4.69, 9.17) is 9.72 Å². The first-order chi connectivity index (χ1) is 13.9. The van der Waals surface area contributed by atoms with E-state index in [2.05, 4.69) is 13.8 Å². The SMILES string of the molecule is COc1ccc(C(C)=O)cc1CSc1nc2ccccc2c(=O)n1CCC(C)C. The van der Waals surface area contributed by atoms with Crippen molar-refractivity contribution in [3.8, 4) is 5.75 Å². The Bertz CT molecular complexity index is 1090. The molecule has 0 atom stereocenters. The predicted octanol–water partition coefficient (Wildman–Crippen LogP) is 4.95. The molecule has 1 aromatic heterocycles. The van der Waals surface area contributed by atoms with Gasteiger partial charge in [0.05, 0.1) is 18.0 Å². The lowest BCUT2D eigenvalue weighted by Gasteiger charge is -2.15. The van der Waals surface area contributed by atoms with Crippen LogP contribution in [0.5, 0.6) is 5.75 Å². The Hall–Kier alpha value is -2.60. The number of carbonyl (C=O) groups excluding carboxylic acids is 1. The Labute approximate surface area is 175 Å². The number of aromatic nitrogens is 2. The van der Waals surface area contributed by atoms with Gasteiger partial charge in [0.1, 0.15) is 5.75 Å². The minimum Gasteiger partial charge on any atom is -0.496 e. The Morgan fingerprint density at radius 3 is 2.66 bits per heavy atom. The number of rotatable bonds is 8. The lowest BCUT2D eigenvalue weighted by Crippen LogP contribution is -2.24. The molecule has 0 saturated carbocycles. The minimum absolute atomic E-state index is 0.0107. The topological polar surface area (TPSA) is 61.2 Å². The van der Waals surface area contributed by atoms with Crippen LogP contribution in [0.3, 0.4) is 0 Å². The number of nitrogens with zero attached hydrogens (tertiary/aromatic N) is 2. The largest absolute Gasteiger partial charge is 0.496 e. The first-order valence-electron chi connectivity index (χ1n) is 9.71. The molecule has 0 saturated heterocycles. The molecule has 0 unspecified atom stereocenters. The number of hydrogen-bond donors (Lipinski definition) is 0. The van der Waals surface area contributed by atoms with Crippen LogP contribution in [0.1, 0.15) is 43.1 Å². The molecule has 0 amide bonds. The molecule has 2 aromatic carbocycles. The van der Waals surface area contributed by atoms with E-state index in [-0.39, 0.29) is 11.3 Å². The Kier molecular flexibility index (Phi) is 6.75. The van der Waals surface area contributed by atoms with Crippen LogP contribution in [-0.2, 0) is 12.3 Å². The number of ether oxygens (including phenoxy) is 1. The van der Waals surface area contributed by atoms with Gasteiger partial charge in [0.15, 0.2) is 10.9 Å². The first kappa shape index (κ1) is 21.1. The average molecular weight is 411 g/mol. The summed E-state index contributed by atoms with van der Waals surface area (Å²) in [5.74, 6) is 1.77. The van der Waals surface area contributed by atoms with Crippen molar-refractivity contribution < 1.29 is 9.53 Å². The fourth-order valence-electron chi connectivity index (χ4n) is 3.09. The maximum Gasteiger partial charge on any atom is 0.262 e. The van der Waals surface area contributed by atoms with Crippen LogP contribution >= 0.6 is 11.8 Å². The maximum absolute atomic E-state index is 13.1. The summed E-state index contributed by atoms with van der Waals surface area (Å²) in [5, 5.41) is 1.32. The van der Waals surface area contributed by atoms with Crippen molar-refractivity contribution in [3.05, 3.63) is 63.9 Å². The number of benzene rings is 2. The van der Waals surface area contributed by atoms with Crippen LogP contribution in [-0.4, -0.2) is 22.4 Å². The summed E-state index contributed by atoms with van der Waals surface area (Å²) in [6, 6.07) is 12.9. The van der Waals surface area contributed by atoms with Gasteiger partial charge < -0.3 is 4.74 Å². The zero-order chi connectivity index (χ0) is 21.0. The summed E-state index contributed by atoms with van der Waals surface area (Å²) in [4.78, 5) is 29.6. The lowest BCUT2D eigenvalue weighted by molar-refractivity contribution is 0.101. The van der Waals surface area contributed by atoms with Crippen molar-refractivity contribution >= 4 is 28.4 Å². The van der Waals surface area contributed by atoms with Gasteiger partial charge in [-0.2, -0.15) is 0 Å². The molecular weight excluding hydrogens is 384 g/mol. The van der Waals surface area contributed by atoms with Crippen LogP contribution in [0.2, 0.25) is 0 Å². The summed E-state index contributed by atoms with van der Waals surface area (Å²) in [5.41, 5.74) is 2.24. The van der Waals surface area contributed by atoms with E-state index in [0.29, 0.717) is 39.8 Å². The third-order valence-electron chi connectivity index (χ3n) is 4.80. The number of fused-ring (bicyclic) bond motifs is 1. The van der Waals surface area contributed by atoms with Gasteiger partial charge in [0.2, 0.25) is 0 Å². The van der Waals surface area contributed by atoms with Crippen LogP contribution in [0.15, 0.2) is 52.4 Å². The molecule has 0 aliphatic heterocycles. The molecule has 0 N–H and O–H groups in total. The summed E-state index contributed by atoms with van der Waals surface area (Å²) < 4.78 is 7.23. The van der Waals surface area contributed by atoms with Crippen molar-refractivity contribution in [1.82, 2.24) is 9.55 Å². The quantitative estimate of drug-likeness (QED) is 0.299. The van der Waals surface area contributed by atoms with E-state index < -0.39 is 0 Å². The van der Waals surface area contributed by atoms with Gasteiger partial charge >= 0.3 is 0 Å². The summed E-state index contributed by atoms with van der Waals surface area (Å²) in [7, 11) is 1.61. The van der Waals surface area contributed by atoms with E-state index in [1.54, 1.807) is 24.7 Å². The zero-order valence-corrected chi connectivity index (χ0v) is 18.1. The number of para-hydroxylation sites is 1. The van der Waals surface area contributed by atoms with Gasteiger partial charge in [-0.25, -0.2) is 4.98 Å². The molecule has 0 fully saturated rings. The third kappa shape index (κ3) is 4.88. The van der Waals surface area contributed by atoms with Gasteiger partial charge in [0, 0.05) is 23.4 Å². The van der Waals surface area contributed by atoms with Gasteiger partial charge in [-0.05, 0) is 49.6 Å². The molecule has 0 radical (unpaired) electrons. The number of methoxy groups -OCH3 is 1. The second kappa shape index (κ2) is 9.27. The Morgan fingerprint density at radius 2 is 1.97 bits per heavy atom. The summed E-state index contributed by atoms with van der Waals surface area (Å²) in [6.45, 7) is 6.46. The fourth-order valence-corrected chi connectivity index (χ4v) is 4.10. The fraction of sp³-hybridized carbons (Fsp3) is 0.348. The Morgan fingerprint density at radius 1 is 1.21 bits per heavy atom. The second-order valence-corrected chi connectivity index (χ2v) is 8.36. The van der Waals surface area contributed by atoms with Crippen molar-refractivity contribution in [2.45, 2.75) is 44.6 Å². The maximum atomic E-state index is 13.1. The first-order valence-corrected chi connectivity index (χ1v) is 10.7. The van der Waals surface area contributed by atoms with E-state index in [9.17, 15) is 9.59 Å². The van der Waals surface area contributed by atoms with Crippen molar-refractivity contribution in [2.24, 2.45) is 5.92 Å². The molecule has 1 heterocycles. The molecular formula is C23H26N2O3S. The normalized spacial score (nSPS) is 11.2. The van der Waals surface area contributed by atoms with Crippen LogP contribution in [0.25, 0.3) is 10.9 Å². The van der Waals surface area contributed by atoms with E-state index in [1.807, 2.05) is 36.4 Å². The molecule has 5 nitrogen and oxygen atoms in total. The highest BCUT2D eigenvalue weighted by atomic mass is 32.2. The average Bonchev–Trinajstić information content (AvgIpc) is 2.71. The molecule has 152 valence electrons. The number of ketones is 1. The third-order valence-corrected chi connectivity index (χ3v) is 5.83. The molecule has 3 aromatic rings. The van der Waals surface area contributed by atoms with Gasteiger partial charge in [-0.15, -0.1) is 0 Å². The van der Waals surface area contributed by atoms with E-state index in [0.717, 1.165) is 17.7 Å². The molecule has 0 spiro atoms. The summed E-state index contributed by atoms with van der Waals surface area (Å²) >= 11 is 1.49. The monoisotopic (exact) mass is 410 g/mol. The number of thioether (sulfide) groups is 1. The molecule has 3 rings (SSSR count). The van der Waals surface area contributed by atoms with Crippen LogP contribution in [0.4, 0.5) is 0 Å².